The molecule has 4 atom stereocenters. The molecule has 0 aromatic carbocycles. The highest BCUT2D eigenvalue weighted by Crippen LogP contribution is 2.45. The van der Waals surface area contributed by atoms with E-state index < -0.39 is 20.5 Å². The average Bonchev–Trinajstić information content (AvgIpc) is 3.55. The molecule has 1 rings (SSSR count). The van der Waals surface area contributed by atoms with Crippen molar-refractivity contribution in [3.05, 3.63) is 0 Å². The lowest BCUT2D eigenvalue weighted by Crippen LogP contribution is -2.37. The molecule has 0 bridgehead atoms. The minimum absolute atomic E-state index is 0.00447. The summed E-state index contributed by atoms with van der Waals surface area (Å²) in [6, 6.07) is 0. The quantitative estimate of drug-likeness (QED) is 0.0782. The summed E-state index contributed by atoms with van der Waals surface area (Å²) in [5.74, 6) is 1.66. The van der Waals surface area contributed by atoms with Gasteiger partial charge in [0, 0.05) is 6.42 Å². The SMILES string of the molecule is CCCCCCC1CC1CCCCCCCCCC(=O)OC[C@@H](O)COP(=O)([O-])OCC[N+](C)(C)C. The zero-order valence-electron chi connectivity index (χ0n) is 23.5. The highest BCUT2D eigenvalue weighted by atomic mass is 31.2. The summed E-state index contributed by atoms with van der Waals surface area (Å²) in [5, 5.41) is 9.82. The Morgan fingerprint density at radius 1 is 0.917 bits per heavy atom. The summed E-state index contributed by atoms with van der Waals surface area (Å²) in [5.41, 5.74) is 0. The summed E-state index contributed by atoms with van der Waals surface area (Å²) in [6.45, 7) is 1.97. The van der Waals surface area contributed by atoms with Gasteiger partial charge in [0.15, 0.2) is 0 Å². The van der Waals surface area contributed by atoms with Gasteiger partial charge in [0.25, 0.3) is 7.82 Å². The second-order valence-electron chi connectivity index (χ2n) is 11.5. The fraction of sp³-hybridized carbons (Fsp3) is 0.963. The number of aliphatic hydroxyl groups is 1. The number of phosphoric ester groups is 1. The smallest absolute Gasteiger partial charge is 0.305 e. The zero-order chi connectivity index (χ0) is 26.9. The van der Waals surface area contributed by atoms with Crippen LogP contribution in [-0.2, 0) is 23.1 Å². The third-order valence-electron chi connectivity index (χ3n) is 6.83. The van der Waals surface area contributed by atoms with Gasteiger partial charge in [0.1, 0.15) is 25.9 Å². The molecule has 0 amide bonds. The van der Waals surface area contributed by atoms with Crippen molar-refractivity contribution in [2.45, 2.75) is 109 Å². The van der Waals surface area contributed by atoms with Crippen molar-refractivity contribution in [2.75, 3.05) is 47.5 Å². The van der Waals surface area contributed by atoms with Crippen molar-refractivity contribution in [3.63, 3.8) is 0 Å². The number of ether oxygens (including phenoxy) is 1. The van der Waals surface area contributed by atoms with Crippen LogP contribution in [0.1, 0.15) is 103 Å². The zero-order valence-corrected chi connectivity index (χ0v) is 24.4. The van der Waals surface area contributed by atoms with Gasteiger partial charge in [0.05, 0.1) is 27.7 Å². The van der Waals surface area contributed by atoms with E-state index in [1.807, 2.05) is 21.1 Å². The summed E-state index contributed by atoms with van der Waals surface area (Å²) in [4.78, 5) is 23.5. The number of rotatable bonds is 24. The number of nitrogens with zero attached hydrogens (tertiary/aromatic N) is 1. The second-order valence-corrected chi connectivity index (χ2v) is 13.0. The number of hydrogen-bond donors (Lipinski definition) is 1. The monoisotopic (exact) mass is 535 g/mol. The van der Waals surface area contributed by atoms with Gasteiger partial charge >= 0.3 is 5.97 Å². The maximum absolute atomic E-state index is 11.8. The van der Waals surface area contributed by atoms with Crippen LogP contribution in [0.4, 0.5) is 0 Å². The van der Waals surface area contributed by atoms with Crippen LogP contribution in [0.3, 0.4) is 0 Å². The highest BCUT2D eigenvalue weighted by Gasteiger charge is 2.34. The first kappa shape index (κ1) is 33.5. The Kier molecular flexibility index (Phi) is 17.4. The lowest BCUT2D eigenvalue weighted by atomic mass is 10.0. The first-order valence-electron chi connectivity index (χ1n) is 14.3. The Hall–Kier alpha value is -0.500. The van der Waals surface area contributed by atoms with E-state index in [4.69, 9.17) is 9.26 Å². The molecule has 36 heavy (non-hydrogen) atoms. The molecule has 1 fully saturated rings. The van der Waals surface area contributed by atoms with Crippen LogP contribution in [0.5, 0.6) is 0 Å². The predicted molar refractivity (Wildman–Crippen MR) is 141 cm³/mol. The maximum atomic E-state index is 11.8. The molecule has 0 spiro atoms. The summed E-state index contributed by atoms with van der Waals surface area (Å²) in [7, 11) is 1.26. The van der Waals surface area contributed by atoms with E-state index in [2.05, 4.69) is 11.4 Å². The lowest BCUT2D eigenvalue weighted by molar-refractivity contribution is -0.870. The number of carbonyl (C=O) groups excluding carboxylic acids is 1. The van der Waals surface area contributed by atoms with E-state index in [1.54, 1.807) is 0 Å². The summed E-state index contributed by atoms with van der Waals surface area (Å²) < 4.78 is 26.7. The van der Waals surface area contributed by atoms with Crippen molar-refractivity contribution in [1.29, 1.82) is 0 Å². The third-order valence-corrected chi connectivity index (χ3v) is 7.79. The van der Waals surface area contributed by atoms with Gasteiger partial charge in [-0.15, -0.1) is 0 Å². The molecular weight excluding hydrogens is 481 g/mol. The van der Waals surface area contributed by atoms with E-state index in [0.717, 1.165) is 31.1 Å². The Morgan fingerprint density at radius 2 is 1.47 bits per heavy atom. The second kappa shape index (κ2) is 18.7. The first-order valence-corrected chi connectivity index (χ1v) is 15.7. The van der Waals surface area contributed by atoms with Gasteiger partial charge < -0.3 is 28.3 Å². The number of quaternary nitrogens is 1. The summed E-state index contributed by atoms with van der Waals surface area (Å²) in [6.07, 6.45) is 17.0. The van der Waals surface area contributed by atoms with E-state index in [1.165, 1.54) is 70.6 Å². The molecule has 0 aliphatic heterocycles. The number of unbranched alkanes of at least 4 members (excludes halogenated alkanes) is 9. The van der Waals surface area contributed by atoms with Crippen LogP contribution in [0.25, 0.3) is 0 Å². The highest BCUT2D eigenvalue weighted by molar-refractivity contribution is 7.45. The molecule has 1 aliphatic carbocycles. The molecule has 214 valence electrons. The average molecular weight is 536 g/mol. The van der Waals surface area contributed by atoms with Crippen molar-refractivity contribution < 1.29 is 37.6 Å². The van der Waals surface area contributed by atoms with Crippen molar-refractivity contribution in [3.8, 4) is 0 Å². The minimum atomic E-state index is -4.49. The standard InChI is InChI=1S/C27H54NO7P/c1-5-6-7-13-16-24-21-25(24)17-14-11-9-8-10-12-15-18-27(30)33-22-26(29)23-35-36(31,32)34-20-19-28(2,3)4/h24-26,29H,5-23H2,1-4H3/t24?,25?,26-/m1/s1. The van der Waals surface area contributed by atoms with Gasteiger partial charge in [-0.05, 0) is 24.7 Å². The fourth-order valence-electron chi connectivity index (χ4n) is 4.36. The van der Waals surface area contributed by atoms with Crippen molar-refractivity contribution in [1.82, 2.24) is 0 Å². The van der Waals surface area contributed by atoms with Gasteiger partial charge in [0.2, 0.25) is 0 Å². The molecule has 0 heterocycles. The Balaban J connectivity index is 1.90. The molecule has 8 nitrogen and oxygen atoms in total. The lowest BCUT2D eigenvalue weighted by Gasteiger charge is -2.27. The molecule has 1 saturated carbocycles. The van der Waals surface area contributed by atoms with Gasteiger partial charge in [-0.3, -0.25) is 9.36 Å². The number of hydrogen-bond acceptors (Lipinski definition) is 7. The number of phosphoric acid groups is 1. The van der Waals surface area contributed by atoms with Crippen LogP contribution >= 0.6 is 7.82 Å². The van der Waals surface area contributed by atoms with Gasteiger partial charge in [-0.25, -0.2) is 0 Å². The molecular formula is C27H54NO7P. The molecule has 0 aromatic heterocycles. The molecule has 1 N–H and O–H groups in total. The van der Waals surface area contributed by atoms with E-state index >= 15 is 0 Å². The van der Waals surface area contributed by atoms with Crippen LogP contribution in [0.15, 0.2) is 0 Å². The van der Waals surface area contributed by atoms with Gasteiger partial charge in [-0.2, -0.15) is 0 Å². The Labute approximate surface area is 220 Å². The molecule has 0 aromatic rings. The van der Waals surface area contributed by atoms with Crippen molar-refractivity contribution in [2.24, 2.45) is 11.8 Å². The van der Waals surface area contributed by atoms with E-state index in [-0.39, 0.29) is 19.2 Å². The van der Waals surface area contributed by atoms with Crippen LogP contribution in [-0.4, -0.2) is 69.2 Å². The number of aliphatic hydroxyl groups excluding tert-OH is 1. The number of carbonyl (C=O) groups is 1. The van der Waals surface area contributed by atoms with E-state index in [9.17, 15) is 19.4 Å². The molecule has 1 aliphatic rings. The van der Waals surface area contributed by atoms with Crippen LogP contribution in [0, 0.1) is 11.8 Å². The Bertz CT molecular complexity index is 626. The predicted octanol–water partition coefficient (Wildman–Crippen LogP) is 5.22. The molecule has 3 unspecified atom stereocenters. The third kappa shape index (κ3) is 19.6. The maximum Gasteiger partial charge on any atom is 0.305 e. The largest absolute Gasteiger partial charge is 0.756 e. The topological polar surface area (TPSA) is 105 Å². The number of esters is 1. The van der Waals surface area contributed by atoms with E-state index in [0.29, 0.717) is 17.4 Å². The molecule has 0 radical (unpaired) electrons. The van der Waals surface area contributed by atoms with Crippen LogP contribution < -0.4 is 4.89 Å². The fourth-order valence-corrected chi connectivity index (χ4v) is 5.10. The minimum Gasteiger partial charge on any atom is -0.756 e. The number of likely N-dealkylation sites (N-methyl/N-ethyl adjacent to an activating group) is 1. The van der Waals surface area contributed by atoms with Gasteiger partial charge in [-0.1, -0.05) is 84.0 Å². The van der Waals surface area contributed by atoms with Crippen LogP contribution in [0.2, 0.25) is 0 Å². The first-order chi connectivity index (χ1) is 17.0. The van der Waals surface area contributed by atoms with Crippen molar-refractivity contribution >= 4 is 13.8 Å². The summed E-state index contributed by atoms with van der Waals surface area (Å²) >= 11 is 0. The molecule has 0 saturated heterocycles. The molecule has 9 heteroatoms. The Morgan fingerprint density at radius 3 is 2.06 bits per heavy atom. The normalized spacial score (nSPS) is 20.2.